The van der Waals surface area contributed by atoms with Crippen LogP contribution in [0, 0.1) is 13.8 Å². The van der Waals surface area contributed by atoms with Crippen molar-refractivity contribution in [1.29, 1.82) is 0 Å². The minimum Gasteiger partial charge on any atom is -0.371 e. The van der Waals surface area contributed by atoms with Crippen LogP contribution in [0.4, 0.5) is 5.69 Å². The Bertz CT molecular complexity index is 1020. The number of thiazole rings is 2. The molecule has 0 saturated heterocycles. The number of hydrogen-bond acceptors (Lipinski definition) is 8. The first-order valence-electron chi connectivity index (χ1n) is 8.25. The van der Waals surface area contributed by atoms with Crippen molar-refractivity contribution in [3.05, 3.63) is 43.3 Å². The van der Waals surface area contributed by atoms with Gasteiger partial charge in [0.1, 0.15) is 12.0 Å². The summed E-state index contributed by atoms with van der Waals surface area (Å²) in [7, 11) is 0. The van der Waals surface area contributed by atoms with Crippen molar-refractivity contribution in [3.63, 3.8) is 0 Å². The molecule has 0 radical (unpaired) electrons. The molecule has 0 aliphatic carbocycles. The number of aldehydes is 1. The molecule has 0 amide bonds. The lowest BCUT2D eigenvalue weighted by molar-refractivity contribution is -0.108. The Labute approximate surface area is 157 Å². The van der Waals surface area contributed by atoms with Crippen molar-refractivity contribution in [3.8, 4) is 10.7 Å². The first-order chi connectivity index (χ1) is 12.6. The predicted molar refractivity (Wildman–Crippen MR) is 102 cm³/mol. The number of anilines is 1. The summed E-state index contributed by atoms with van der Waals surface area (Å²) in [5.41, 5.74) is 3.71. The average molecular weight is 387 g/mol. The normalized spacial score (nSPS) is 16.2. The van der Waals surface area contributed by atoms with Gasteiger partial charge in [0.05, 0.1) is 39.4 Å². The summed E-state index contributed by atoms with van der Waals surface area (Å²) < 4.78 is 1.42. The van der Waals surface area contributed by atoms with Crippen LogP contribution in [-0.2, 0) is 17.8 Å². The predicted octanol–water partition coefficient (Wildman–Crippen LogP) is 2.74. The standard InChI is InChI=1S/C17H17N5O2S2/c1-9-15(26-10(2)19-9)12-4-3-11-14(20-12)17(24)22(5-6-23)16(21-11)13-7-18-8-25-13/h6-8,12,20H,3-5H2,1-2H3/t12-/m0/s1. The highest BCUT2D eigenvalue weighted by Crippen LogP contribution is 2.35. The molecule has 1 N–H and O–H groups in total. The van der Waals surface area contributed by atoms with E-state index in [1.165, 1.54) is 15.9 Å². The summed E-state index contributed by atoms with van der Waals surface area (Å²) >= 11 is 3.05. The number of carbonyl (C=O) groups excluding carboxylic acids is 1. The Kier molecular flexibility index (Phi) is 4.41. The van der Waals surface area contributed by atoms with Crippen molar-refractivity contribution in [2.45, 2.75) is 39.3 Å². The van der Waals surface area contributed by atoms with E-state index >= 15 is 0 Å². The maximum absolute atomic E-state index is 13.1. The van der Waals surface area contributed by atoms with E-state index in [4.69, 9.17) is 4.98 Å². The number of hydrogen-bond donors (Lipinski definition) is 1. The summed E-state index contributed by atoms with van der Waals surface area (Å²) in [5, 5.41) is 4.37. The van der Waals surface area contributed by atoms with Crippen LogP contribution < -0.4 is 10.9 Å². The molecule has 0 spiro atoms. The van der Waals surface area contributed by atoms with Gasteiger partial charge in [-0.3, -0.25) is 14.3 Å². The number of nitrogens with zero attached hydrogens (tertiary/aromatic N) is 4. The van der Waals surface area contributed by atoms with Crippen molar-refractivity contribution < 1.29 is 4.79 Å². The molecule has 9 heteroatoms. The number of aryl methyl sites for hydroxylation is 3. The zero-order valence-electron chi connectivity index (χ0n) is 14.4. The first kappa shape index (κ1) is 17.0. The molecule has 0 saturated carbocycles. The second kappa shape index (κ2) is 6.73. The zero-order valence-corrected chi connectivity index (χ0v) is 16.0. The SMILES string of the molecule is Cc1nc(C)c([C@@H]2CCc3nc(-c4cncs4)n(CC=O)c(=O)c3N2)s1. The summed E-state index contributed by atoms with van der Waals surface area (Å²) in [5.74, 6) is 0.508. The molecule has 1 atom stereocenters. The number of carbonyl (C=O) groups is 1. The third-order valence-corrected chi connectivity index (χ3v) is 6.35. The number of rotatable bonds is 4. The van der Waals surface area contributed by atoms with Gasteiger partial charge in [-0.1, -0.05) is 0 Å². The molecule has 7 nitrogen and oxygen atoms in total. The average Bonchev–Trinajstić information content (AvgIpc) is 3.26. The Morgan fingerprint density at radius 3 is 2.88 bits per heavy atom. The fourth-order valence-electron chi connectivity index (χ4n) is 3.28. The minimum absolute atomic E-state index is 0.0304. The van der Waals surface area contributed by atoms with Gasteiger partial charge in [-0.05, 0) is 26.7 Å². The van der Waals surface area contributed by atoms with E-state index < -0.39 is 0 Å². The fraction of sp³-hybridized carbons (Fsp3) is 0.353. The van der Waals surface area contributed by atoms with Crippen molar-refractivity contribution in [2.24, 2.45) is 0 Å². The lowest BCUT2D eigenvalue weighted by Crippen LogP contribution is -2.32. The van der Waals surface area contributed by atoms with Crippen LogP contribution >= 0.6 is 22.7 Å². The summed E-state index contributed by atoms with van der Waals surface area (Å²) in [4.78, 5) is 39.4. The fourth-order valence-corrected chi connectivity index (χ4v) is 4.91. The Morgan fingerprint density at radius 1 is 1.38 bits per heavy atom. The molecule has 26 heavy (non-hydrogen) atoms. The highest BCUT2D eigenvalue weighted by molar-refractivity contribution is 7.13. The van der Waals surface area contributed by atoms with E-state index in [2.05, 4.69) is 15.3 Å². The molecule has 3 aromatic rings. The van der Waals surface area contributed by atoms with Gasteiger partial charge >= 0.3 is 0 Å². The number of aromatic nitrogens is 4. The van der Waals surface area contributed by atoms with Crippen LogP contribution in [0.2, 0.25) is 0 Å². The third kappa shape index (κ3) is 2.86. The molecule has 3 aromatic heterocycles. The Hall–Kier alpha value is -2.39. The highest BCUT2D eigenvalue weighted by atomic mass is 32.1. The van der Waals surface area contributed by atoms with Crippen molar-refractivity contribution in [1.82, 2.24) is 19.5 Å². The molecule has 134 valence electrons. The quantitative estimate of drug-likeness (QED) is 0.693. The molecule has 0 unspecified atom stereocenters. The lowest BCUT2D eigenvalue weighted by atomic mass is 10.0. The lowest BCUT2D eigenvalue weighted by Gasteiger charge is -2.26. The van der Waals surface area contributed by atoms with Crippen LogP contribution in [0.25, 0.3) is 10.7 Å². The second-order valence-electron chi connectivity index (χ2n) is 6.12. The topological polar surface area (TPSA) is 89.8 Å². The smallest absolute Gasteiger partial charge is 0.277 e. The molecule has 1 aliphatic heterocycles. The van der Waals surface area contributed by atoms with Gasteiger partial charge in [-0.25, -0.2) is 9.97 Å². The zero-order chi connectivity index (χ0) is 18.3. The molecule has 0 fully saturated rings. The van der Waals surface area contributed by atoms with Gasteiger partial charge < -0.3 is 10.1 Å². The number of nitrogens with one attached hydrogen (secondary N) is 1. The summed E-state index contributed by atoms with van der Waals surface area (Å²) in [6.45, 7) is 3.95. The molecule has 0 bridgehead atoms. The molecular formula is C17H17N5O2S2. The molecule has 4 heterocycles. The van der Waals surface area contributed by atoms with Crippen LogP contribution in [0.3, 0.4) is 0 Å². The van der Waals surface area contributed by atoms with Crippen LogP contribution in [0.15, 0.2) is 16.5 Å². The Balaban J connectivity index is 1.80. The maximum atomic E-state index is 13.1. The van der Waals surface area contributed by atoms with E-state index in [1.54, 1.807) is 23.0 Å². The van der Waals surface area contributed by atoms with Gasteiger partial charge in [0.25, 0.3) is 5.56 Å². The monoisotopic (exact) mass is 387 g/mol. The largest absolute Gasteiger partial charge is 0.371 e. The first-order valence-corrected chi connectivity index (χ1v) is 9.94. The van der Waals surface area contributed by atoms with Gasteiger partial charge in [0, 0.05) is 11.1 Å². The minimum atomic E-state index is -0.214. The van der Waals surface area contributed by atoms with Gasteiger partial charge in [0.15, 0.2) is 5.82 Å². The molecule has 4 rings (SSSR count). The maximum Gasteiger partial charge on any atom is 0.277 e. The Morgan fingerprint density at radius 2 is 2.23 bits per heavy atom. The number of fused-ring (bicyclic) bond motifs is 1. The van der Waals surface area contributed by atoms with Crippen LogP contribution in [-0.4, -0.2) is 25.8 Å². The van der Waals surface area contributed by atoms with E-state index in [-0.39, 0.29) is 18.1 Å². The van der Waals surface area contributed by atoms with E-state index in [9.17, 15) is 9.59 Å². The van der Waals surface area contributed by atoms with Crippen LogP contribution in [0.1, 0.15) is 33.7 Å². The van der Waals surface area contributed by atoms with E-state index in [0.29, 0.717) is 17.9 Å². The third-order valence-electron chi connectivity index (χ3n) is 4.40. The van der Waals surface area contributed by atoms with Gasteiger partial charge in [-0.15, -0.1) is 22.7 Å². The van der Waals surface area contributed by atoms with E-state index in [1.807, 2.05) is 13.8 Å². The summed E-state index contributed by atoms with van der Waals surface area (Å²) in [6.07, 6.45) is 3.94. The van der Waals surface area contributed by atoms with Crippen molar-refractivity contribution >= 4 is 34.6 Å². The molecule has 0 aromatic carbocycles. The van der Waals surface area contributed by atoms with Gasteiger partial charge in [0.2, 0.25) is 0 Å². The molecule has 1 aliphatic rings. The molecular weight excluding hydrogens is 370 g/mol. The highest BCUT2D eigenvalue weighted by Gasteiger charge is 2.28. The second-order valence-corrected chi connectivity index (χ2v) is 8.24. The van der Waals surface area contributed by atoms with Gasteiger partial charge in [-0.2, -0.15) is 0 Å². The van der Waals surface area contributed by atoms with Crippen LogP contribution in [0.5, 0.6) is 0 Å². The summed E-state index contributed by atoms with van der Waals surface area (Å²) in [6, 6.07) is 0.0436. The van der Waals surface area contributed by atoms with Crippen molar-refractivity contribution in [2.75, 3.05) is 5.32 Å². The van der Waals surface area contributed by atoms with E-state index in [0.717, 1.165) is 38.9 Å².